The van der Waals surface area contributed by atoms with Gasteiger partial charge in [-0.1, -0.05) is 0 Å². The minimum atomic E-state index is -0.188. The number of rotatable bonds is 3. The van der Waals surface area contributed by atoms with Crippen molar-refractivity contribution in [3.8, 4) is 10.6 Å². The van der Waals surface area contributed by atoms with E-state index in [4.69, 9.17) is 0 Å². The first-order chi connectivity index (χ1) is 8.81. The van der Waals surface area contributed by atoms with Gasteiger partial charge in [0.1, 0.15) is 5.69 Å². The molecule has 0 saturated carbocycles. The Hall–Kier alpha value is -2.21. The average Bonchev–Trinajstić information content (AvgIpc) is 3.02. The fourth-order valence-electron chi connectivity index (χ4n) is 1.66. The molecule has 18 heavy (non-hydrogen) atoms. The van der Waals surface area contributed by atoms with Crippen LogP contribution in [0.1, 0.15) is 5.56 Å². The number of nitrogens with one attached hydrogen (secondary N) is 1. The van der Waals surface area contributed by atoms with Crippen LogP contribution in [0.5, 0.6) is 0 Å². The fraction of sp³-hybridized carbons (Fsp3) is 0.0833. The van der Waals surface area contributed by atoms with Gasteiger partial charge in [0.2, 0.25) is 0 Å². The van der Waals surface area contributed by atoms with Crippen molar-refractivity contribution < 1.29 is 0 Å². The molecule has 0 radical (unpaired) electrons. The quantitative estimate of drug-likeness (QED) is 0.778. The summed E-state index contributed by atoms with van der Waals surface area (Å²) < 4.78 is 1.87. The van der Waals surface area contributed by atoms with Gasteiger partial charge >= 0.3 is 0 Å². The SMILES string of the molecule is O=c1ccc(-c2cc(Cn3cccn3)cs2)n[nH]1. The van der Waals surface area contributed by atoms with E-state index < -0.39 is 0 Å². The number of H-pyrrole nitrogens is 1. The molecule has 0 unspecified atom stereocenters. The maximum atomic E-state index is 10.9. The van der Waals surface area contributed by atoms with Crippen molar-refractivity contribution in [3.05, 3.63) is 58.0 Å². The third kappa shape index (κ3) is 2.23. The summed E-state index contributed by atoms with van der Waals surface area (Å²) in [6.07, 6.45) is 3.69. The zero-order valence-electron chi connectivity index (χ0n) is 9.41. The third-order valence-corrected chi connectivity index (χ3v) is 3.49. The van der Waals surface area contributed by atoms with E-state index in [-0.39, 0.29) is 5.56 Å². The number of hydrogen-bond donors (Lipinski definition) is 1. The highest BCUT2D eigenvalue weighted by Gasteiger charge is 2.04. The predicted molar refractivity (Wildman–Crippen MR) is 69.5 cm³/mol. The van der Waals surface area contributed by atoms with Gasteiger partial charge in [0.15, 0.2) is 0 Å². The second kappa shape index (κ2) is 4.58. The van der Waals surface area contributed by atoms with Crippen molar-refractivity contribution in [2.75, 3.05) is 0 Å². The predicted octanol–water partition coefficient (Wildman–Crippen LogP) is 1.74. The lowest BCUT2D eigenvalue weighted by atomic mass is 10.2. The maximum absolute atomic E-state index is 10.9. The van der Waals surface area contributed by atoms with Crippen LogP contribution in [0.3, 0.4) is 0 Å². The molecule has 0 atom stereocenters. The average molecular weight is 258 g/mol. The molecule has 3 heterocycles. The zero-order chi connectivity index (χ0) is 12.4. The number of aromatic amines is 1. The van der Waals surface area contributed by atoms with Crippen LogP contribution in [-0.2, 0) is 6.54 Å². The second-order valence-corrected chi connectivity index (χ2v) is 4.74. The highest BCUT2D eigenvalue weighted by molar-refractivity contribution is 7.13. The summed E-state index contributed by atoms with van der Waals surface area (Å²) >= 11 is 1.60. The molecule has 0 spiro atoms. The van der Waals surface area contributed by atoms with Gasteiger partial charge in [0, 0.05) is 18.5 Å². The molecule has 0 saturated heterocycles. The molecule has 0 aromatic carbocycles. The molecule has 3 aromatic rings. The number of aromatic nitrogens is 4. The van der Waals surface area contributed by atoms with Crippen molar-refractivity contribution in [3.63, 3.8) is 0 Å². The highest BCUT2D eigenvalue weighted by atomic mass is 32.1. The molecule has 3 rings (SSSR count). The lowest BCUT2D eigenvalue weighted by molar-refractivity contribution is 0.688. The second-order valence-electron chi connectivity index (χ2n) is 3.83. The van der Waals surface area contributed by atoms with E-state index in [1.54, 1.807) is 23.6 Å². The molecule has 0 aliphatic heterocycles. The van der Waals surface area contributed by atoms with Crippen molar-refractivity contribution >= 4 is 11.3 Å². The van der Waals surface area contributed by atoms with E-state index in [0.717, 1.165) is 17.1 Å². The Balaban J connectivity index is 1.85. The van der Waals surface area contributed by atoms with Crippen LogP contribution in [0.2, 0.25) is 0 Å². The lowest BCUT2D eigenvalue weighted by Crippen LogP contribution is -2.05. The van der Waals surface area contributed by atoms with Crippen molar-refractivity contribution in [2.24, 2.45) is 0 Å². The standard InChI is InChI=1S/C12H10N4OS/c17-12-3-2-10(14-15-12)11-6-9(8-18-11)7-16-5-1-4-13-16/h1-6,8H,7H2,(H,15,17). The van der Waals surface area contributed by atoms with Crippen LogP contribution >= 0.6 is 11.3 Å². The van der Waals surface area contributed by atoms with Gasteiger partial charge in [0.25, 0.3) is 5.56 Å². The van der Waals surface area contributed by atoms with Crippen LogP contribution in [0, 0.1) is 0 Å². The first-order valence-electron chi connectivity index (χ1n) is 5.42. The van der Waals surface area contributed by atoms with Crippen LogP contribution in [-0.4, -0.2) is 20.0 Å². The Kier molecular flexibility index (Phi) is 2.77. The Morgan fingerprint density at radius 2 is 2.33 bits per heavy atom. The number of nitrogens with zero attached hydrogens (tertiary/aromatic N) is 3. The van der Waals surface area contributed by atoms with E-state index in [1.165, 1.54) is 11.6 Å². The fourth-order valence-corrected chi connectivity index (χ4v) is 2.53. The minimum Gasteiger partial charge on any atom is -0.268 e. The van der Waals surface area contributed by atoms with Gasteiger partial charge in [-0.25, -0.2) is 5.10 Å². The van der Waals surface area contributed by atoms with Gasteiger partial charge < -0.3 is 0 Å². The van der Waals surface area contributed by atoms with Crippen molar-refractivity contribution in [2.45, 2.75) is 6.54 Å². The molecule has 3 aromatic heterocycles. The van der Waals surface area contributed by atoms with Crippen LogP contribution in [0.4, 0.5) is 0 Å². The van der Waals surface area contributed by atoms with Gasteiger partial charge in [-0.05, 0) is 29.1 Å². The van der Waals surface area contributed by atoms with Crippen molar-refractivity contribution in [1.29, 1.82) is 0 Å². The molecular formula is C12H10N4OS. The Bertz CT molecular complexity index is 678. The van der Waals surface area contributed by atoms with Crippen LogP contribution in [0.25, 0.3) is 10.6 Å². The van der Waals surface area contributed by atoms with Crippen LogP contribution in [0.15, 0.2) is 46.8 Å². The van der Waals surface area contributed by atoms with Gasteiger partial charge in [0.05, 0.1) is 11.4 Å². The van der Waals surface area contributed by atoms with Gasteiger partial charge in [-0.15, -0.1) is 11.3 Å². The lowest BCUT2D eigenvalue weighted by Gasteiger charge is -1.97. The maximum Gasteiger partial charge on any atom is 0.264 e. The summed E-state index contributed by atoms with van der Waals surface area (Å²) in [6, 6.07) is 7.17. The molecule has 0 fully saturated rings. The highest BCUT2D eigenvalue weighted by Crippen LogP contribution is 2.24. The number of hydrogen-bond acceptors (Lipinski definition) is 4. The largest absolute Gasteiger partial charge is 0.268 e. The summed E-state index contributed by atoms with van der Waals surface area (Å²) in [6.45, 7) is 0.743. The summed E-state index contributed by atoms with van der Waals surface area (Å²) in [5.41, 5.74) is 1.77. The Morgan fingerprint density at radius 1 is 1.39 bits per heavy atom. The molecule has 0 bridgehead atoms. The smallest absolute Gasteiger partial charge is 0.264 e. The monoisotopic (exact) mass is 258 g/mol. The molecule has 1 N–H and O–H groups in total. The summed E-state index contributed by atoms with van der Waals surface area (Å²) in [7, 11) is 0. The summed E-state index contributed by atoms with van der Waals surface area (Å²) in [5, 5.41) is 12.7. The van der Waals surface area contributed by atoms with E-state index >= 15 is 0 Å². The molecular weight excluding hydrogens is 248 g/mol. The Labute approximate surface area is 107 Å². The number of thiophene rings is 1. The first kappa shape index (κ1) is 10.9. The molecule has 5 nitrogen and oxygen atoms in total. The van der Waals surface area contributed by atoms with E-state index in [9.17, 15) is 4.79 Å². The molecule has 0 aliphatic carbocycles. The topological polar surface area (TPSA) is 63.6 Å². The van der Waals surface area contributed by atoms with Crippen molar-refractivity contribution in [1.82, 2.24) is 20.0 Å². The van der Waals surface area contributed by atoms with Crippen LogP contribution < -0.4 is 5.56 Å². The van der Waals surface area contributed by atoms with E-state index in [2.05, 4.69) is 26.7 Å². The molecule has 6 heteroatoms. The molecule has 90 valence electrons. The van der Waals surface area contributed by atoms with Gasteiger partial charge in [-0.3, -0.25) is 9.48 Å². The summed E-state index contributed by atoms with van der Waals surface area (Å²) in [4.78, 5) is 12.0. The third-order valence-electron chi connectivity index (χ3n) is 2.49. The van der Waals surface area contributed by atoms with Gasteiger partial charge in [-0.2, -0.15) is 10.2 Å². The zero-order valence-corrected chi connectivity index (χ0v) is 10.2. The molecule has 0 aliphatic rings. The first-order valence-corrected chi connectivity index (χ1v) is 6.30. The van der Waals surface area contributed by atoms with E-state index in [1.807, 2.05) is 16.9 Å². The van der Waals surface area contributed by atoms with E-state index in [0.29, 0.717) is 0 Å². The molecule has 0 amide bonds. The normalized spacial score (nSPS) is 10.7. The summed E-state index contributed by atoms with van der Waals surface area (Å²) in [5.74, 6) is 0. The minimum absolute atomic E-state index is 0.188. The Morgan fingerprint density at radius 3 is 3.06 bits per heavy atom.